The molecular formula is C16H16ClFN2O. The maximum Gasteiger partial charge on any atom is 0.238 e. The summed E-state index contributed by atoms with van der Waals surface area (Å²) in [6, 6.07) is 12.1. The molecule has 21 heavy (non-hydrogen) atoms. The zero-order chi connectivity index (χ0) is 15.2. The van der Waals surface area contributed by atoms with Gasteiger partial charge in [0.15, 0.2) is 0 Å². The second-order valence-corrected chi connectivity index (χ2v) is 5.12. The molecule has 0 spiro atoms. The first-order valence-electron chi connectivity index (χ1n) is 6.56. The van der Waals surface area contributed by atoms with Gasteiger partial charge in [0.2, 0.25) is 5.91 Å². The number of carbonyl (C=O) groups excluding carboxylic acids is 1. The summed E-state index contributed by atoms with van der Waals surface area (Å²) in [4.78, 5) is 11.8. The summed E-state index contributed by atoms with van der Waals surface area (Å²) in [5, 5.41) is 5.91. The molecule has 0 heterocycles. The molecule has 1 amide bonds. The first-order valence-corrected chi connectivity index (χ1v) is 6.94. The molecule has 110 valence electrons. The number of nitrogens with one attached hydrogen (secondary N) is 2. The number of hydrogen-bond donors (Lipinski definition) is 2. The maximum atomic E-state index is 13.0. The summed E-state index contributed by atoms with van der Waals surface area (Å²) in [5.41, 5.74) is 2.63. The van der Waals surface area contributed by atoms with Gasteiger partial charge in [-0.25, -0.2) is 4.39 Å². The number of rotatable bonds is 5. The summed E-state index contributed by atoms with van der Waals surface area (Å²) >= 11 is 5.70. The topological polar surface area (TPSA) is 41.1 Å². The van der Waals surface area contributed by atoms with Crippen LogP contribution in [-0.4, -0.2) is 12.5 Å². The van der Waals surface area contributed by atoms with Gasteiger partial charge in [0, 0.05) is 12.2 Å². The molecule has 0 aliphatic heterocycles. The van der Waals surface area contributed by atoms with E-state index >= 15 is 0 Å². The van der Waals surface area contributed by atoms with Crippen molar-refractivity contribution in [1.82, 2.24) is 5.32 Å². The van der Waals surface area contributed by atoms with E-state index in [2.05, 4.69) is 10.6 Å². The normalized spacial score (nSPS) is 10.4. The van der Waals surface area contributed by atoms with Gasteiger partial charge in [0.1, 0.15) is 5.82 Å². The second kappa shape index (κ2) is 7.20. The molecule has 0 bridgehead atoms. The number of benzene rings is 2. The summed E-state index contributed by atoms with van der Waals surface area (Å²) < 4.78 is 13.0. The maximum absolute atomic E-state index is 13.0. The number of hydrogen-bond acceptors (Lipinski definition) is 2. The molecule has 0 fully saturated rings. The largest absolute Gasteiger partial charge is 0.325 e. The number of halogens is 2. The predicted octanol–water partition coefficient (Wildman–Crippen LogP) is 3.52. The Labute approximate surface area is 128 Å². The van der Waals surface area contributed by atoms with E-state index in [1.165, 1.54) is 6.07 Å². The van der Waals surface area contributed by atoms with Crippen LogP contribution in [0.2, 0.25) is 5.02 Å². The van der Waals surface area contributed by atoms with E-state index in [4.69, 9.17) is 11.6 Å². The molecule has 2 N–H and O–H groups in total. The SMILES string of the molecule is Cc1ccccc1NC(=O)CNCc1ccc(F)c(Cl)c1. The third-order valence-electron chi connectivity index (χ3n) is 3.02. The lowest BCUT2D eigenvalue weighted by molar-refractivity contribution is -0.115. The summed E-state index contributed by atoms with van der Waals surface area (Å²) in [5.74, 6) is -0.574. The molecule has 2 aromatic rings. The van der Waals surface area contributed by atoms with Crippen molar-refractivity contribution in [3.8, 4) is 0 Å². The van der Waals surface area contributed by atoms with Gasteiger partial charge in [-0.15, -0.1) is 0 Å². The monoisotopic (exact) mass is 306 g/mol. The highest BCUT2D eigenvalue weighted by Gasteiger charge is 2.05. The van der Waals surface area contributed by atoms with Crippen molar-refractivity contribution >= 4 is 23.2 Å². The minimum atomic E-state index is -0.447. The minimum absolute atomic E-state index is 0.0821. The van der Waals surface area contributed by atoms with Crippen LogP contribution in [0.25, 0.3) is 0 Å². The Hall–Kier alpha value is -1.91. The quantitative estimate of drug-likeness (QED) is 0.887. The zero-order valence-electron chi connectivity index (χ0n) is 11.6. The fourth-order valence-corrected chi connectivity index (χ4v) is 2.08. The molecule has 0 aliphatic rings. The Balaban J connectivity index is 1.82. The summed E-state index contributed by atoms with van der Waals surface area (Å²) in [6.45, 7) is 2.55. The van der Waals surface area contributed by atoms with Crippen LogP contribution in [0.1, 0.15) is 11.1 Å². The average molecular weight is 307 g/mol. The molecule has 0 atom stereocenters. The van der Waals surface area contributed by atoms with Gasteiger partial charge in [-0.05, 0) is 36.2 Å². The fourth-order valence-electron chi connectivity index (χ4n) is 1.88. The van der Waals surface area contributed by atoms with Crippen LogP contribution in [0, 0.1) is 12.7 Å². The van der Waals surface area contributed by atoms with Gasteiger partial charge < -0.3 is 10.6 Å². The lowest BCUT2D eigenvalue weighted by atomic mass is 10.2. The Morgan fingerprint density at radius 1 is 1.24 bits per heavy atom. The number of aryl methyl sites for hydroxylation is 1. The third-order valence-corrected chi connectivity index (χ3v) is 3.31. The van der Waals surface area contributed by atoms with Crippen molar-refractivity contribution in [3.63, 3.8) is 0 Å². The summed E-state index contributed by atoms with van der Waals surface area (Å²) in [7, 11) is 0. The van der Waals surface area contributed by atoms with Crippen LogP contribution < -0.4 is 10.6 Å². The molecule has 0 radical (unpaired) electrons. The first kappa shape index (κ1) is 15.5. The van der Waals surface area contributed by atoms with Gasteiger partial charge >= 0.3 is 0 Å². The molecule has 5 heteroatoms. The molecule has 3 nitrogen and oxygen atoms in total. The highest BCUT2D eigenvalue weighted by atomic mass is 35.5. The Morgan fingerprint density at radius 3 is 2.71 bits per heavy atom. The van der Waals surface area contributed by atoms with Crippen LogP contribution in [0.3, 0.4) is 0 Å². The molecule has 0 unspecified atom stereocenters. The Bertz CT molecular complexity index is 646. The van der Waals surface area contributed by atoms with Crippen LogP contribution >= 0.6 is 11.6 Å². The van der Waals surface area contributed by atoms with Crippen molar-refractivity contribution in [2.24, 2.45) is 0 Å². The third kappa shape index (κ3) is 4.55. The van der Waals surface area contributed by atoms with E-state index in [0.717, 1.165) is 16.8 Å². The molecular weight excluding hydrogens is 291 g/mol. The first-order chi connectivity index (χ1) is 10.1. The van der Waals surface area contributed by atoms with Gasteiger partial charge in [-0.1, -0.05) is 35.9 Å². The Kier molecular flexibility index (Phi) is 5.31. The lowest BCUT2D eigenvalue weighted by Crippen LogP contribution is -2.27. The van der Waals surface area contributed by atoms with Gasteiger partial charge in [-0.3, -0.25) is 4.79 Å². The van der Waals surface area contributed by atoms with E-state index < -0.39 is 5.82 Å². The highest BCUT2D eigenvalue weighted by molar-refractivity contribution is 6.30. The molecule has 0 saturated carbocycles. The van der Waals surface area contributed by atoms with Gasteiger partial charge in [-0.2, -0.15) is 0 Å². The number of para-hydroxylation sites is 1. The number of anilines is 1. The van der Waals surface area contributed by atoms with Crippen molar-refractivity contribution in [2.45, 2.75) is 13.5 Å². The van der Waals surface area contributed by atoms with Crippen molar-refractivity contribution in [2.75, 3.05) is 11.9 Å². The van der Waals surface area contributed by atoms with Crippen molar-refractivity contribution in [3.05, 3.63) is 64.4 Å². The van der Waals surface area contributed by atoms with Crippen LogP contribution in [-0.2, 0) is 11.3 Å². The van der Waals surface area contributed by atoms with E-state index in [1.807, 2.05) is 31.2 Å². The number of amides is 1. The van der Waals surface area contributed by atoms with Crippen LogP contribution in [0.4, 0.5) is 10.1 Å². The van der Waals surface area contributed by atoms with E-state index in [9.17, 15) is 9.18 Å². The van der Waals surface area contributed by atoms with Crippen LogP contribution in [0.5, 0.6) is 0 Å². The Morgan fingerprint density at radius 2 is 2.00 bits per heavy atom. The van der Waals surface area contributed by atoms with Gasteiger partial charge in [0.25, 0.3) is 0 Å². The highest BCUT2D eigenvalue weighted by Crippen LogP contribution is 2.16. The minimum Gasteiger partial charge on any atom is -0.325 e. The molecule has 0 saturated heterocycles. The summed E-state index contributed by atoms with van der Waals surface area (Å²) in [6.07, 6.45) is 0. The standard InChI is InChI=1S/C16H16ClFN2O/c1-11-4-2-3-5-15(11)20-16(21)10-19-9-12-6-7-14(18)13(17)8-12/h2-8,19H,9-10H2,1H3,(H,20,21). The van der Waals surface area contributed by atoms with Crippen molar-refractivity contribution in [1.29, 1.82) is 0 Å². The fraction of sp³-hybridized carbons (Fsp3) is 0.188. The molecule has 2 rings (SSSR count). The van der Waals surface area contributed by atoms with E-state index in [1.54, 1.807) is 12.1 Å². The smallest absolute Gasteiger partial charge is 0.238 e. The number of carbonyl (C=O) groups is 1. The van der Waals surface area contributed by atoms with E-state index in [-0.39, 0.29) is 17.5 Å². The lowest BCUT2D eigenvalue weighted by Gasteiger charge is -2.09. The molecule has 0 aromatic heterocycles. The van der Waals surface area contributed by atoms with Crippen molar-refractivity contribution < 1.29 is 9.18 Å². The molecule has 2 aromatic carbocycles. The second-order valence-electron chi connectivity index (χ2n) is 4.72. The molecule has 0 aliphatic carbocycles. The average Bonchev–Trinajstić information content (AvgIpc) is 2.45. The van der Waals surface area contributed by atoms with Gasteiger partial charge in [0.05, 0.1) is 11.6 Å². The van der Waals surface area contributed by atoms with E-state index in [0.29, 0.717) is 6.54 Å². The van der Waals surface area contributed by atoms with Crippen LogP contribution in [0.15, 0.2) is 42.5 Å². The predicted molar refractivity (Wildman–Crippen MR) is 82.9 cm³/mol. The zero-order valence-corrected chi connectivity index (χ0v) is 12.4.